The summed E-state index contributed by atoms with van der Waals surface area (Å²) in [6.45, 7) is 2.90. The normalized spacial score (nSPS) is 10.8. The van der Waals surface area contributed by atoms with Crippen LogP contribution in [0, 0.1) is 17.0 Å². The van der Waals surface area contributed by atoms with Crippen molar-refractivity contribution in [1.29, 1.82) is 0 Å². The van der Waals surface area contributed by atoms with E-state index in [1.54, 1.807) is 31.2 Å². The molecule has 2 rings (SSSR count). The van der Waals surface area contributed by atoms with Gasteiger partial charge in [-0.05, 0) is 19.1 Å². The topological polar surface area (TPSA) is 94.9 Å². The van der Waals surface area contributed by atoms with Gasteiger partial charge in [-0.1, -0.05) is 17.3 Å². The molecule has 1 heterocycles. The third kappa shape index (κ3) is 3.53. The van der Waals surface area contributed by atoms with Gasteiger partial charge in [0.1, 0.15) is 17.7 Å². The summed E-state index contributed by atoms with van der Waals surface area (Å²) in [5.41, 5.74) is 1.19. The third-order valence-electron chi connectivity index (χ3n) is 2.68. The number of nitrogens with zero attached hydrogens (tertiary/aromatic N) is 2. The van der Waals surface area contributed by atoms with Crippen molar-refractivity contribution in [3.63, 3.8) is 0 Å². The standard InChI is InChI=1S/C14H12N2O5/c1-9-3-4-11(7-13(9)16(18)19)14-6-5-12(20-14)8-15-21-10(2)17/h3-8H,1-2H3/b15-8+. The molecule has 0 bridgehead atoms. The van der Waals surface area contributed by atoms with E-state index in [4.69, 9.17) is 4.42 Å². The zero-order valence-electron chi connectivity index (χ0n) is 11.4. The van der Waals surface area contributed by atoms with Crippen molar-refractivity contribution < 1.29 is 19.0 Å². The van der Waals surface area contributed by atoms with Crippen LogP contribution in [0.4, 0.5) is 5.69 Å². The molecular formula is C14H12N2O5. The lowest BCUT2D eigenvalue weighted by Gasteiger charge is -2.00. The van der Waals surface area contributed by atoms with Crippen LogP contribution >= 0.6 is 0 Å². The molecule has 0 aliphatic carbocycles. The second kappa shape index (κ2) is 6.00. The van der Waals surface area contributed by atoms with E-state index in [1.807, 2.05) is 0 Å². The van der Waals surface area contributed by atoms with E-state index in [0.29, 0.717) is 22.6 Å². The fraction of sp³-hybridized carbons (Fsp3) is 0.143. The minimum Gasteiger partial charge on any atom is -0.455 e. The maximum Gasteiger partial charge on any atom is 0.331 e. The predicted octanol–water partition coefficient (Wildman–Crippen LogP) is 3.06. The Bertz CT molecular complexity index is 718. The van der Waals surface area contributed by atoms with Gasteiger partial charge in [0.2, 0.25) is 0 Å². The highest BCUT2D eigenvalue weighted by Crippen LogP contribution is 2.27. The first-order valence-corrected chi connectivity index (χ1v) is 6.03. The van der Waals surface area contributed by atoms with Crippen molar-refractivity contribution in [2.75, 3.05) is 0 Å². The number of furan rings is 1. The first-order chi connectivity index (χ1) is 9.97. The average molecular weight is 288 g/mol. The number of aryl methyl sites for hydroxylation is 1. The number of hydrogen-bond acceptors (Lipinski definition) is 6. The fourth-order valence-corrected chi connectivity index (χ4v) is 1.69. The Hall–Kier alpha value is -2.96. The number of nitro benzene ring substituents is 1. The minimum atomic E-state index is -0.535. The van der Waals surface area contributed by atoms with E-state index in [9.17, 15) is 14.9 Å². The monoisotopic (exact) mass is 288 g/mol. The van der Waals surface area contributed by atoms with Crippen molar-refractivity contribution in [3.8, 4) is 11.3 Å². The number of carbonyl (C=O) groups excluding carboxylic acids is 1. The molecule has 0 radical (unpaired) electrons. The Morgan fingerprint density at radius 2 is 2.14 bits per heavy atom. The van der Waals surface area contributed by atoms with Crippen molar-refractivity contribution in [2.24, 2.45) is 5.16 Å². The Morgan fingerprint density at radius 1 is 1.38 bits per heavy atom. The maximum atomic E-state index is 10.9. The molecule has 0 saturated carbocycles. The lowest BCUT2D eigenvalue weighted by molar-refractivity contribution is -0.385. The summed E-state index contributed by atoms with van der Waals surface area (Å²) in [6, 6.07) is 8.11. The van der Waals surface area contributed by atoms with Crippen LogP contribution in [0.3, 0.4) is 0 Å². The van der Waals surface area contributed by atoms with Crippen LogP contribution in [-0.2, 0) is 9.63 Å². The first-order valence-electron chi connectivity index (χ1n) is 6.03. The van der Waals surface area contributed by atoms with Crippen LogP contribution < -0.4 is 0 Å². The van der Waals surface area contributed by atoms with Gasteiger partial charge >= 0.3 is 5.97 Å². The summed E-state index contributed by atoms with van der Waals surface area (Å²) in [7, 11) is 0. The molecule has 0 spiro atoms. The summed E-state index contributed by atoms with van der Waals surface area (Å²) in [6.07, 6.45) is 1.24. The Kier molecular flexibility index (Phi) is 4.13. The number of oxime groups is 1. The number of hydrogen-bond donors (Lipinski definition) is 0. The lowest BCUT2D eigenvalue weighted by atomic mass is 10.1. The molecule has 7 nitrogen and oxygen atoms in total. The van der Waals surface area contributed by atoms with Crippen LogP contribution in [0.2, 0.25) is 0 Å². The Morgan fingerprint density at radius 3 is 2.81 bits per heavy atom. The Labute approximate surface area is 120 Å². The van der Waals surface area contributed by atoms with Gasteiger partial charge in [0.25, 0.3) is 5.69 Å². The zero-order valence-corrected chi connectivity index (χ0v) is 11.4. The van der Waals surface area contributed by atoms with E-state index in [1.165, 1.54) is 19.2 Å². The van der Waals surface area contributed by atoms with Gasteiger partial charge < -0.3 is 9.25 Å². The van der Waals surface area contributed by atoms with Crippen LogP contribution in [0.15, 0.2) is 39.9 Å². The summed E-state index contributed by atoms with van der Waals surface area (Å²) in [5, 5.41) is 14.4. The van der Waals surface area contributed by atoms with Crippen LogP contribution in [0.5, 0.6) is 0 Å². The minimum absolute atomic E-state index is 0.0269. The zero-order chi connectivity index (χ0) is 15.4. The van der Waals surface area contributed by atoms with E-state index in [0.717, 1.165) is 0 Å². The van der Waals surface area contributed by atoms with Gasteiger partial charge in [-0.2, -0.15) is 0 Å². The molecule has 0 aliphatic rings. The van der Waals surface area contributed by atoms with Crippen LogP contribution in [0.25, 0.3) is 11.3 Å². The second-order valence-electron chi connectivity index (χ2n) is 4.28. The number of benzene rings is 1. The van der Waals surface area contributed by atoms with Gasteiger partial charge in [0.05, 0.1) is 4.92 Å². The molecule has 21 heavy (non-hydrogen) atoms. The second-order valence-corrected chi connectivity index (χ2v) is 4.28. The molecule has 108 valence electrons. The molecule has 0 atom stereocenters. The molecule has 2 aromatic rings. The number of carbonyl (C=O) groups is 1. The largest absolute Gasteiger partial charge is 0.455 e. The van der Waals surface area contributed by atoms with E-state index >= 15 is 0 Å². The molecular weight excluding hydrogens is 276 g/mol. The van der Waals surface area contributed by atoms with Crippen LogP contribution in [0.1, 0.15) is 18.2 Å². The van der Waals surface area contributed by atoms with Gasteiger partial charge in [0, 0.05) is 24.1 Å². The summed E-state index contributed by atoms with van der Waals surface area (Å²) >= 11 is 0. The van der Waals surface area contributed by atoms with E-state index < -0.39 is 10.9 Å². The first kappa shape index (κ1) is 14.4. The quantitative estimate of drug-likeness (QED) is 0.373. The highest BCUT2D eigenvalue weighted by Gasteiger charge is 2.13. The third-order valence-corrected chi connectivity index (χ3v) is 2.68. The molecule has 0 aliphatic heterocycles. The smallest absolute Gasteiger partial charge is 0.331 e. The predicted molar refractivity (Wildman–Crippen MR) is 74.9 cm³/mol. The molecule has 0 unspecified atom stereocenters. The van der Waals surface area contributed by atoms with Crippen molar-refractivity contribution in [2.45, 2.75) is 13.8 Å². The SMILES string of the molecule is CC(=O)O/N=C/c1ccc(-c2ccc(C)c([N+](=O)[O-])c2)o1. The average Bonchev–Trinajstić information content (AvgIpc) is 2.87. The van der Waals surface area contributed by atoms with E-state index in [2.05, 4.69) is 9.99 Å². The lowest BCUT2D eigenvalue weighted by Crippen LogP contribution is -1.91. The fourth-order valence-electron chi connectivity index (χ4n) is 1.69. The summed E-state index contributed by atoms with van der Waals surface area (Å²) < 4.78 is 5.46. The van der Waals surface area contributed by atoms with Crippen molar-refractivity contribution in [1.82, 2.24) is 0 Å². The molecule has 1 aromatic carbocycles. The van der Waals surface area contributed by atoms with Crippen molar-refractivity contribution in [3.05, 3.63) is 51.8 Å². The molecule has 0 saturated heterocycles. The molecule has 0 amide bonds. The van der Waals surface area contributed by atoms with Crippen LogP contribution in [-0.4, -0.2) is 17.1 Å². The molecule has 1 aromatic heterocycles. The highest BCUT2D eigenvalue weighted by atomic mass is 16.7. The van der Waals surface area contributed by atoms with Gasteiger partial charge in [-0.25, -0.2) is 4.79 Å². The Balaban J connectivity index is 2.25. The van der Waals surface area contributed by atoms with E-state index in [-0.39, 0.29) is 5.69 Å². The van der Waals surface area contributed by atoms with Gasteiger partial charge in [-0.15, -0.1) is 0 Å². The maximum absolute atomic E-state index is 10.9. The number of nitro groups is 1. The highest BCUT2D eigenvalue weighted by molar-refractivity contribution is 5.78. The molecule has 0 fully saturated rings. The number of rotatable bonds is 4. The molecule has 0 N–H and O–H groups in total. The van der Waals surface area contributed by atoms with Gasteiger partial charge in [0.15, 0.2) is 0 Å². The van der Waals surface area contributed by atoms with Crippen molar-refractivity contribution >= 4 is 17.9 Å². The summed E-state index contributed by atoms with van der Waals surface area (Å²) in [5.74, 6) is 0.295. The van der Waals surface area contributed by atoms with Gasteiger partial charge in [-0.3, -0.25) is 10.1 Å². The summed E-state index contributed by atoms with van der Waals surface area (Å²) in [4.78, 5) is 25.5. The molecule has 7 heteroatoms.